The molecule has 2 aromatic carbocycles. The Hall–Kier alpha value is -2.92. The minimum absolute atomic E-state index is 0.0178. The van der Waals surface area contributed by atoms with Gasteiger partial charge in [-0.1, -0.05) is 69.2 Å². The van der Waals surface area contributed by atoms with Gasteiger partial charge in [0.2, 0.25) is 5.91 Å². The summed E-state index contributed by atoms with van der Waals surface area (Å²) < 4.78 is 0. The number of nitrogens with two attached hydrogens (primary N) is 1. The molecule has 2 fully saturated rings. The summed E-state index contributed by atoms with van der Waals surface area (Å²) in [5.41, 5.74) is 10.6. The summed E-state index contributed by atoms with van der Waals surface area (Å²) in [7, 11) is 0. The van der Waals surface area contributed by atoms with Gasteiger partial charge in [-0.3, -0.25) is 14.6 Å². The molecule has 0 bridgehead atoms. The Bertz CT molecular complexity index is 1050. The summed E-state index contributed by atoms with van der Waals surface area (Å²) in [5.74, 6) is 2.56. The minimum atomic E-state index is -0.0956. The predicted molar refractivity (Wildman–Crippen MR) is 156 cm³/mol. The van der Waals surface area contributed by atoms with Crippen LogP contribution in [0.15, 0.2) is 54.2 Å². The monoisotopic (exact) mass is 518 g/mol. The van der Waals surface area contributed by atoms with Crippen molar-refractivity contribution in [1.82, 2.24) is 15.1 Å². The molecule has 2 aliphatic heterocycles. The van der Waals surface area contributed by atoms with Gasteiger partial charge in [0.05, 0.1) is 0 Å². The molecule has 0 spiro atoms. The first-order valence-corrected chi connectivity index (χ1v) is 14.2. The molecule has 2 heterocycles. The van der Waals surface area contributed by atoms with Crippen LogP contribution < -0.4 is 11.1 Å². The number of nitrogen functional groups attached to an aromatic ring is 1. The van der Waals surface area contributed by atoms with Gasteiger partial charge in [0.25, 0.3) is 0 Å². The number of carbonyl (C=O) groups excluding carboxylic acids is 2. The van der Waals surface area contributed by atoms with Crippen LogP contribution in [0.25, 0.3) is 0 Å². The van der Waals surface area contributed by atoms with Crippen molar-refractivity contribution < 1.29 is 9.59 Å². The predicted octanol–water partition coefficient (Wildman–Crippen LogP) is 5.31. The summed E-state index contributed by atoms with van der Waals surface area (Å²) in [5, 5.41) is 2.58. The molecule has 0 radical (unpaired) electrons. The third kappa shape index (κ3) is 8.83. The van der Waals surface area contributed by atoms with Gasteiger partial charge in [0.1, 0.15) is 11.6 Å². The van der Waals surface area contributed by atoms with Crippen molar-refractivity contribution in [3.8, 4) is 0 Å². The highest BCUT2D eigenvalue weighted by molar-refractivity contribution is 5.82. The first-order valence-electron chi connectivity index (χ1n) is 14.2. The normalized spacial score (nSPS) is 20.1. The first kappa shape index (κ1) is 29.6. The van der Waals surface area contributed by atoms with Gasteiger partial charge >= 0.3 is 0 Å². The second kappa shape index (κ2) is 14.9. The number of rotatable bonds is 8. The van der Waals surface area contributed by atoms with Crippen LogP contribution in [-0.4, -0.2) is 53.9 Å². The van der Waals surface area contributed by atoms with Crippen LogP contribution in [0.5, 0.6) is 0 Å². The van der Waals surface area contributed by atoms with Crippen LogP contribution in [0.4, 0.5) is 5.69 Å². The fourth-order valence-corrected chi connectivity index (χ4v) is 5.32. The lowest BCUT2D eigenvalue weighted by Gasteiger charge is -2.40. The third-order valence-corrected chi connectivity index (χ3v) is 8.02. The Morgan fingerprint density at radius 2 is 1.66 bits per heavy atom. The standard InChI is InChI=1S/C19H33N3.C13H13NO2/c1-4-16(3)14-19(5-2)22-12-10-21(11-13-22)15-17-6-8-18(20)9-7-17;1-9-2-4-10(5-3-9)11-6-7-13(16)14-12(11)8-15/h6-9,16,19H,4-5,10-15,20H2,1-3H3;2-5,11H,6-7H2,1H3,(H,14,16). The second-order valence-corrected chi connectivity index (χ2v) is 10.9. The lowest BCUT2D eigenvalue weighted by Crippen LogP contribution is -2.50. The fourth-order valence-electron chi connectivity index (χ4n) is 5.32. The zero-order chi connectivity index (χ0) is 27.5. The molecule has 206 valence electrons. The number of amides is 1. The zero-order valence-corrected chi connectivity index (χ0v) is 23.7. The lowest BCUT2D eigenvalue weighted by atomic mass is 9.88. The molecule has 0 saturated carbocycles. The molecule has 1 amide bonds. The van der Waals surface area contributed by atoms with E-state index >= 15 is 0 Å². The van der Waals surface area contributed by atoms with Crippen molar-refractivity contribution in [3.63, 3.8) is 0 Å². The Balaban J connectivity index is 0.000000221. The molecule has 2 aliphatic rings. The molecule has 6 heteroatoms. The average molecular weight is 519 g/mol. The molecule has 0 aliphatic carbocycles. The third-order valence-electron chi connectivity index (χ3n) is 8.02. The molecule has 0 aromatic heterocycles. The van der Waals surface area contributed by atoms with Crippen LogP contribution in [0.3, 0.4) is 0 Å². The van der Waals surface area contributed by atoms with Crippen LogP contribution >= 0.6 is 0 Å². The van der Waals surface area contributed by atoms with Gasteiger partial charge in [-0.15, -0.1) is 0 Å². The van der Waals surface area contributed by atoms with Crippen molar-refractivity contribution >= 4 is 17.5 Å². The lowest BCUT2D eigenvalue weighted by molar-refractivity contribution is -0.121. The number of piperazine rings is 1. The number of anilines is 1. The van der Waals surface area contributed by atoms with Crippen molar-refractivity contribution in [1.29, 1.82) is 0 Å². The molecular formula is C32H46N4O2. The number of benzene rings is 2. The maximum Gasteiger partial charge on any atom is 0.224 e. The van der Waals surface area contributed by atoms with Crippen molar-refractivity contribution in [2.45, 2.75) is 78.3 Å². The van der Waals surface area contributed by atoms with E-state index in [9.17, 15) is 9.59 Å². The van der Waals surface area contributed by atoms with E-state index in [1.165, 1.54) is 56.6 Å². The Labute approximate surface area is 229 Å². The van der Waals surface area contributed by atoms with Gasteiger partial charge in [-0.05, 0) is 55.4 Å². The molecule has 3 atom stereocenters. The molecular weight excluding hydrogens is 472 g/mol. The minimum Gasteiger partial charge on any atom is -0.399 e. The number of piperidine rings is 1. The van der Waals surface area contributed by atoms with Crippen LogP contribution in [0.2, 0.25) is 0 Å². The van der Waals surface area contributed by atoms with Gasteiger partial charge in [0, 0.05) is 56.8 Å². The fraction of sp³-hybridized carbons (Fsp3) is 0.531. The van der Waals surface area contributed by atoms with Gasteiger partial charge in [0.15, 0.2) is 0 Å². The van der Waals surface area contributed by atoms with E-state index in [0.29, 0.717) is 18.5 Å². The maximum absolute atomic E-state index is 11.2. The SMILES string of the molecule is CCC(C)CC(CC)N1CCN(Cc2ccc(N)cc2)CC1.Cc1ccc(C2CCC(=O)NC2=C=O)cc1. The van der Waals surface area contributed by atoms with Gasteiger partial charge in [-0.2, -0.15) is 0 Å². The Kier molecular flexibility index (Phi) is 11.6. The zero-order valence-electron chi connectivity index (χ0n) is 23.7. The highest BCUT2D eigenvalue weighted by Gasteiger charge is 2.26. The largest absolute Gasteiger partial charge is 0.399 e. The smallest absolute Gasteiger partial charge is 0.224 e. The molecule has 2 saturated heterocycles. The van der Waals surface area contributed by atoms with E-state index in [4.69, 9.17) is 5.73 Å². The van der Waals surface area contributed by atoms with Gasteiger partial charge < -0.3 is 11.1 Å². The van der Waals surface area contributed by atoms with E-state index in [-0.39, 0.29) is 11.8 Å². The molecule has 38 heavy (non-hydrogen) atoms. The van der Waals surface area contributed by atoms with Crippen LogP contribution in [0, 0.1) is 12.8 Å². The summed E-state index contributed by atoms with van der Waals surface area (Å²) >= 11 is 0. The summed E-state index contributed by atoms with van der Waals surface area (Å²) in [4.78, 5) is 27.2. The summed E-state index contributed by atoms with van der Waals surface area (Å²) in [6, 6.07) is 17.1. The van der Waals surface area contributed by atoms with E-state index in [0.717, 1.165) is 29.8 Å². The number of nitrogens with one attached hydrogen (secondary N) is 1. The number of aryl methyl sites for hydroxylation is 1. The number of hydrogen-bond acceptors (Lipinski definition) is 5. The average Bonchev–Trinajstić information content (AvgIpc) is 2.94. The van der Waals surface area contributed by atoms with E-state index in [2.05, 4.69) is 48.0 Å². The number of carbonyl (C=O) groups is 1. The highest BCUT2D eigenvalue weighted by Crippen LogP contribution is 2.29. The van der Waals surface area contributed by atoms with Crippen LogP contribution in [-0.2, 0) is 16.1 Å². The molecule has 3 N–H and O–H groups in total. The van der Waals surface area contributed by atoms with Gasteiger partial charge in [-0.25, -0.2) is 4.79 Å². The topological polar surface area (TPSA) is 78.7 Å². The number of allylic oxidation sites excluding steroid dienone is 1. The summed E-state index contributed by atoms with van der Waals surface area (Å²) in [6.45, 7) is 14.9. The summed E-state index contributed by atoms with van der Waals surface area (Å²) in [6.07, 6.45) is 5.07. The first-order chi connectivity index (χ1) is 18.3. The van der Waals surface area contributed by atoms with E-state index in [1.807, 2.05) is 49.3 Å². The molecule has 4 rings (SSSR count). The van der Waals surface area contributed by atoms with Crippen LogP contribution in [0.1, 0.15) is 75.5 Å². The maximum atomic E-state index is 11.2. The molecule has 2 aromatic rings. The van der Waals surface area contributed by atoms with Crippen molar-refractivity contribution in [3.05, 3.63) is 70.9 Å². The quantitative estimate of drug-likeness (QED) is 0.366. The molecule has 3 unspecified atom stereocenters. The van der Waals surface area contributed by atoms with E-state index in [1.54, 1.807) is 0 Å². The Morgan fingerprint density at radius 1 is 1.00 bits per heavy atom. The molecule has 6 nitrogen and oxygen atoms in total. The highest BCUT2D eigenvalue weighted by atomic mass is 16.2. The van der Waals surface area contributed by atoms with E-state index < -0.39 is 0 Å². The second-order valence-electron chi connectivity index (χ2n) is 10.9. The Morgan fingerprint density at radius 3 is 2.24 bits per heavy atom. The van der Waals surface area contributed by atoms with Crippen molar-refractivity contribution in [2.75, 3.05) is 31.9 Å². The number of nitrogens with zero attached hydrogens (tertiary/aromatic N) is 2. The van der Waals surface area contributed by atoms with Crippen molar-refractivity contribution in [2.24, 2.45) is 5.92 Å². The number of hydrogen-bond donors (Lipinski definition) is 2.